The van der Waals surface area contributed by atoms with Crippen molar-refractivity contribution in [1.82, 2.24) is 9.88 Å². The number of amides is 1. The Balaban J connectivity index is 1.67. The van der Waals surface area contributed by atoms with E-state index in [1.54, 1.807) is 74.0 Å². The number of rotatable bonds is 7. The molecule has 150 valence electrons. The van der Waals surface area contributed by atoms with E-state index < -0.39 is 12.1 Å². The van der Waals surface area contributed by atoms with Crippen LogP contribution in [0.25, 0.3) is 0 Å². The lowest BCUT2D eigenvalue weighted by molar-refractivity contribution is -0.138. The second-order valence-electron chi connectivity index (χ2n) is 6.60. The quantitative estimate of drug-likeness (QED) is 0.551. The van der Waals surface area contributed by atoms with Crippen molar-refractivity contribution in [1.29, 1.82) is 0 Å². The van der Waals surface area contributed by atoms with Gasteiger partial charge in [0.05, 0.1) is 16.3 Å². The summed E-state index contributed by atoms with van der Waals surface area (Å²) >= 11 is 1.57. The van der Waals surface area contributed by atoms with Crippen molar-refractivity contribution in [2.24, 2.45) is 0 Å². The van der Waals surface area contributed by atoms with Crippen LogP contribution in [0.2, 0.25) is 0 Å². The van der Waals surface area contributed by atoms with Crippen LogP contribution in [0.15, 0.2) is 60.0 Å². The maximum Gasteiger partial charge on any atom is 0.339 e. The van der Waals surface area contributed by atoms with Crippen LogP contribution in [0.4, 0.5) is 0 Å². The van der Waals surface area contributed by atoms with E-state index in [0.29, 0.717) is 23.5 Å². The molecule has 0 radical (unpaired) electrons. The smallest absolute Gasteiger partial charge is 0.339 e. The summed E-state index contributed by atoms with van der Waals surface area (Å²) in [6, 6.07) is 15.6. The summed E-state index contributed by atoms with van der Waals surface area (Å²) in [5.74, 6) is -0.255. The highest BCUT2D eigenvalue weighted by Gasteiger charge is 2.27. The molecule has 0 unspecified atom stereocenters. The minimum atomic E-state index is -0.998. The minimum Gasteiger partial charge on any atom is -0.487 e. The normalized spacial score (nSPS) is 11.6. The number of aryl methyl sites for hydroxylation is 1. The summed E-state index contributed by atoms with van der Waals surface area (Å²) in [5, 5.41) is 2.94. The van der Waals surface area contributed by atoms with Crippen molar-refractivity contribution in [2.75, 3.05) is 14.1 Å². The molecule has 0 fully saturated rings. The molecule has 0 aliphatic carbocycles. The second kappa shape index (κ2) is 9.34. The van der Waals surface area contributed by atoms with Gasteiger partial charge < -0.3 is 14.4 Å². The molecule has 3 aromatic rings. The molecule has 7 heteroatoms. The van der Waals surface area contributed by atoms with Gasteiger partial charge in [-0.15, -0.1) is 11.3 Å². The van der Waals surface area contributed by atoms with Gasteiger partial charge in [-0.1, -0.05) is 30.3 Å². The number of hydrogen-bond donors (Lipinski definition) is 0. The lowest BCUT2D eigenvalue weighted by Gasteiger charge is -2.21. The average molecular weight is 410 g/mol. The molecule has 0 aliphatic heterocycles. The van der Waals surface area contributed by atoms with Crippen molar-refractivity contribution in [3.63, 3.8) is 0 Å². The minimum absolute atomic E-state index is 0.303. The molecule has 6 nitrogen and oxygen atoms in total. The van der Waals surface area contributed by atoms with Crippen LogP contribution in [0.1, 0.15) is 32.7 Å². The summed E-state index contributed by atoms with van der Waals surface area (Å²) in [7, 11) is 3.25. The van der Waals surface area contributed by atoms with E-state index in [1.807, 2.05) is 18.4 Å². The van der Waals surface area contributed by atoms with Gasteiger partial charge in [0.1, 0.15) is 12.4 Å². The van der Waals surface area contributed by atoms with Gasteiger partial charge in [0.25, 0.3) is 5.91 Å². The van der Waals surface area contributed by atoms with E-state index >= 15 is 0 Å². The zero-order chi connectivity index (χ0) is 20.8. The topological polar surface area (TPSA) is 68.7 Å². The van der Waals surface area contributed by atoms with Gasteiger partial charge in [-0.3, -0.25) is 4.79 Å². The van der Waals surface area contributed by atoms with Crippen LogP contribution < -0.4 is 4.74 Å². The van der Waals surface area contributed by atoms with E-state index in [4.69, 9.17) is 9.47 Å². The fourth-order valence-electron chi connectivity index (χ4n) is 2.62. The van der Waals surface area contributed by atoms with Crippen molar-refractivity contribution in [3.8, 4) is 5.75 Å². The molecular formula is C22H22N2O4S. The van der Waals surface area contributed by atoms with Crippen LogP contribution in [-0.2, 0) is 16.1 Å². The molecule has 29 heavy (non-hydrogen) atoms. The Labute approximate surface area is 173 Å². The first-order valence-corrected chi connectivity index (χ1v) is 9.93. The average Bonchev–Trinajstić information content (AvgIpc) is 3.16. The summed E-state index contributed by atoms with van der Waals surface area (Å²) < 4.78 is 11.2. The summed E-state index contributed by atoms with van der Waals surface area (Å²) in [6.45, 7) is 2.31. The first-order chi connectivity index (χ1) is 13.9. The predicted octanol–water partition coefficient (Wildman–Crippen LogP) is 4.02. The molecule has 1 aromatic heterocycles. The van der Waals surface area contributed by atoms with E-state index in [0.717, 1.165) is 10.7 Å². The lowest BCUT2D eigenvalue weighted by atomic mass is 10.1. The van der Waals surface area contributed by atoms with Crippen molar-refractivity contribution in [2.45, 2.75) is 19.6 Å². The number of ether oxygens (including phenoxy) is 2. The number of esters is 1. The highest BCUT2D eigenvalue weighted by atomic mass is 32.1. The standard InChI is InChI=1S/C22H22N2O4S/c1-15-23-18(14-29-15)13-27-19-11-9-17(10-12-19)22(26)28-20(21(25)24(2)3)16-7-5-4-6-8-16/h4-12,14,20H,13H2,1-3H3/t20-/m0/s1. The Bertz CT molecular complexity index is 968. The number of carbonyl (C=O) groups is 2. The van der Waals surface area contributed by atoms with E-state index in [2.05, 4.69) is 4.98 Å². The van der Waals surface area contributed by atoms with Gasteiger partial charge in [0, 0.05) is 25.0 Å². The third-order valence-corrected chi connectivity index (χ3v) is 4.96. The predicted molar refractivity (Wildman–Crippen MR) is 111 cm³/mol. The Hall–Kier alpha value is -3.19. The third-order valence-electron chi connectivity index (χ3n) is 4.14. The van der Waals surface area contributed by atoms with Gasteiger partial charge >= 0.3 is 5.97 Å². The van der Waals surface area contributed by atoms with Crippen molar-refractivity contribution in [3.05, 3.63) is 81.8 Å². The summed E-state index contributed by atoms with van der Waals surface area (Å²) in [5.41, 5.74) is 1.83. The zero-order valence-electron chi connectivity index (χ0n) is 16.5. The molecule has 0 N–H and O–H groups in total. The molecule has 0 bridgehead atoms. The first-order valence-electron chi connectivity index (χ1n) is 9.05. The molecule has 3 rings (SSSR count). The highest BCUT2D eigenvalue weighted by molar-refractivity contribution is 7.09. The van der Waals surface area contributed by atoms with Crippen LogP contribution in [-0.4, -0.2) is 35.9 Å². The Morgan fingerprint density at radius 1 is 1.07 bits per heavy atom. The second-order valence-corrected chi connectivity index (χ2v) is 7.66. The number of aromatic nitrogens is 1. The third kappa shape index (κ3) is 5.42. The van der Waals surface area contributed by atoms with Gasteiger partial charge in [-0.2, -0.15) is 0 Å². The number of nitrogens with zero attached hydrogens (tertiary/aromatic N) is 2. The fraction of sp³-hybridized carbons (Fsp3) is 0.227. The molecule has 0 spiro atoms. The molecule has 0 saturated heterocycles. The molecule has 1 amide bonds. The molecule has 1 heterocycles. The van der Waals surface area contributed by atoms with Crippen molar-refractivity contribution < 1.29 is 19.1 Å². The Kier molecular flexibility index (Phi) is 6.61. The highest BCUT2D eigenvalue weighted by Crippen LogP contribution is 2.22. The largest absolute Gasteiger partial charge is 0.487 e. The molecule has 2 aromatic carbocycles. The van der Waals surface area contributed by atoms with E-state index in [9.17, 15) is 9.59 Å². The number of carbonyl (C=O) groups excluding carboxylic acids is 2. The maximum atomic E-state index is 12.6. The van der Waals surface area contributed by atoms with Crippen LogP contribution in [0.5, 0.6) is 5.75 Å². The molecular weight excluding hydrogens is 388 g/mol. The zero-order valence-corrected chi connectivity index (χ0v) is 17.3. The monoisotopic (exact) mass is 410 g/mol. The fourth-order valence-corrected chi connectivity index (χ4v) is 3.21. The first kappa shape index (κ1) is 20.5. The number of benzene rings is 2. The van der Waals surface area contributed by atoms with Gasteiger partial charge in [-0.05, 0) is 31.2 Å². The molecule has 0 aliphatic rings. The lowest BCUT2D eigenvalue weighted by Crippen LogP contribution is -2.31. The van der Waals surface area contributed by atoms with Gasteiger partial charge in [0.2, 0.25) is 6.10 Å². The van der Waals surface area contributed by atoms with E-state index in [-0.39, 0.29) is 5.91 Å². The van der Waals surface area contributed by atoms with Crippen LogP contribution in [0.3, 0.4) is 0 Å². The SMILES string of the molecule is Cc1nc(COc2ccc(C(=O)O[C@H](C(=O)N(C)C)c3ccccc3)cc2)cs1. The summed E-state index contributed by atoms with van der Waals surface area (Å²) in [4.78, 5) is 30.9. The number of likely N-dealkylation sites (N-methyl/N-ethyl adjacent to an activating group) is 1. The maximum absolute atomic E-state index is 12.6. The van der Waals surface area contributed by atoms with E-state index in [1.165, 1.54) is 4.90 Å². The molecule has 1 atom stereocenters. The number of thiazole rings is 1. The van der Waals surface area contributed by atoms with Crippen molar-refractivity contribution >= 4 is 23.2 Å². The number of hydrogen-bond acceptors (Lipinski definition) is 6. The van der Waals surface area contributed by atoms with Gasteiger partial charge in [0.15, 0.2) is 0 Å². The van der Waals surface area contributed by atoms with Crippen LogP contribution >= 0.6 is 11.3 Å². The summed E-state index contributed by atoms with van der Waals surface area (Å²) in [6.07, 6.45) is -0.998. The van der Waals surface area contributed by atoms with Gasteiger partial charge in [-0.25, -0.2) is 9.78 Å². The van der Waals surface area contributed by atoms with Crippen LogP contribution in [0, 0.1) is 6.92 Å². The Morgan fingerprint density at radius 2 is 1.76 bits per heavy atom. The molecule has 0 saturated carbocycles. The Morgan fingerprint density at radius 3 is 2.34 bits per heavy atom.